The van der Waals surface area contributed by atoms with Gasteiger partial charge in [0.1, 0.15) is 5.52 Å². The first-order valence-electron chi connectivity index (χ1n) is 7.27. The largest absolute Gasteiger partial charge is 0.481 e. The van der Waals surface area contributed by atoms with Crippen molar-refractivity contribution in [2.24, 2.45) is 5.92 Å². The van der Waals surface area contributed by atoms with Crippen molar-refractivity contribution < 1.29 is 9.90 Å². The third kappa shape index (κ3) is 3.93. The Morgan fingerprint density at radius 1 is 1.43 bits per heavy atom. The van der Waals surface area contributed by atoms with Crippen molar-refractivity contribution in [1.82, 2.24) is 14.6 Å². The van der Waals surface area contributed by atoms with Crippen LogP contribution in [0.2, 0.25) is 0 Å². The van der Waals surface area contributed by atoms with E-state index in [0.717, 1.165) is 29.9 Å². The molecular weight excluding hydrogens is 268 g/mol. The summed E-state index contributed by atoms with van der Waals surface area (Å²) in [6, 6.07) is 2.23. The van der Waals surface area contributed by atoms with Crippen molar-refractivity contribution >= 4 is 17.3 Å². The SMILES string of the molecule is Cc1cc2c(NC(C)CCCC(C)C(=O)O)nccn2n1. The van der Waals surface area contributed by atoms with Gasteiger partial charge in [-0.2, -0.15) is 5.10 Å². The van der Waals surface area contributed by atoms with Crippen LogP contribution in [-0.4, -0.2) is 31.7 Å². The van der Waals surface area contributed by atoms with Gasteiger partial charge in [-0.3, -0.25) is 4.79 Å². The third-order valence-corrected chi connectivity index (χ3v) is 3.59. The van der Waals surface area contributed by atoms with E-state index in [1.807, 2.05) is 23.7 Å². The normalized spacial score (nSPS) is 14.0. The number of aryl methyl sites for hydroxylation is 1. The van der Waals surface area contributed by atoms with Crippen molar-refractivity contribution in [3.05, 3.63) is 24.2 Å². The number of rotatable bonds is 7. The number of aliphatic carboxylic acids is 1. The maximum absolute atomic E-state index is 10.8. The van der Waals surface area contributed by atoms with Gasteiger partial charge in [-0.25, -0.2) is 9.50 Å². The lowest BCUT2D eigenvalue weighted by Gasteiger charge is -2.15. The smallest absolute Gasteiger partial charge is 0.306 e. The highest BCUT2D eigenvalue weighted by molar-refractivity contribution is 5.69. The van der Waals surface area contributed by atoms with Crippen molar-refractivity contribution in [2.45, 2.75) is 46.1 Å². The number of nitrogens with zero attached hydrogens (tertiary/aromatic N) is 3. The molecule has 2 rings (SSSR count). The van der Waals surface area contributed by atoms with Gasteiger partial charge in [-0.05, 0) is 32.8 Å². The molecule has 0 fully saturated rings. The fraction of sp³-hybridized carbons (Fsp3) is 0.533. The highest BCUT2D eigenvalue weighted by Crippen LogP contribution is 2.17. The molecule has 6 heteroatoms. The summed E-state index contributed by atoms with van der Waals surface area (Å²) < 4.78 is 1.81. The minimum atomic E-state index is -0.725. The van der Waals surface area contributed by atoms with Crippen LogP contribution in [0.4, 0.5) is 5.82 Å². The number of fused-ring (bicyclic) bond motifs is 1. The molecule has 0 radical (unpaired) electrons. The fourth-order valence-corrected chi connectivity index (χ4v) is 2.31. The first-order valence-corrected chi connectivity index (χ1v) is 7.27. The molecule has 0 saturated carbocycles. The predicted octanol–water partition coefficient (Wildman–Crippen LogP) is 2.73. The second kappa shape index (κ2) is 6.56. The zero-order chi connectivity index (χ0) is 15.4. The summed E-state index contributed by atoms with van der Waals surface area (Å²) in [6.45, 7) is 5.78. The van der Waals surface area contributed by atoms with E-state index >= 15 is 0 Å². The van der Waals surface area contributed by atoms with Gasteiger partial charge in [0.05, 0.1) is 11.6 Å². The van der Waals surface area contributed by atoms with Crippen molar-refractivity contribution in [1.29, 1.82) is 0 Å². The summed E-state index contributed by atoms with van der Waals surface area (Å²) in [4.78, 5) is 15.1. The molecule has 0 amide bonds. The maximum atomic E-state index is 10.8. The van der Waals surface area contributed by atoms with Gasteiger partial charge in [-0.15, -0.1) is 0 Å². The van der Waals surface area contributed by atoms with Crippen LogP contribution >= 0.6 is 0 Å². The van der Waals surface area contributed by atoms with Crippen molar-refractivity contribution in [3.8, 4) is 0 Å². The lowest BCUT2D eigenvalue weighted by molar-refractivity contribution is -0.141. The van der Waals surface area contributed by atoms with E-state index in [1.54, 1.807) is 13.1 Å². The quantitative estimate of drug-likeness (QED) is 0.819. The molecule has 0 spiro atoms. The van der Waals surface area contributed by atoms with Crippen LogP contribution in [0.15, 0.2) is 18.5 Å². The van der Waals surface area contributed by atoms with E-state index in [-0.39, 0.29) is 12.0 Å². The Labute approximate surface area is 124 Å². The van der Waals surface area contributed by atoms with Gasteiger partial charge in [0, 0.05) is 18.4 Å². The van der Waals surface area contributed by atoms with E-state index in [9.17, 15) is 4.79 Å². The first-order chi connectivity index (χ1) is 9.97. The highest BCUT2D eigenvalue weighted by Gasteiger charge is 2.12. The van der Waals surface area contributed by atoms with Crippen LogP contribution in [-0.2, 0) is 4.79 Å². The van der Waals surface area contributed by atoms with Gasteiger partial charge >= 0.3 is 5.97 Å². The van der Waals surface area contributed by atoms with Gasteiger partial charge in [0.2, 0.25) is 0 Å². The van der Waals surface area contributed by atoms with Crippen LogP contribution < -0.4 is 5.32 Å². The molecule has 2 aromatic rings. The minimum Gasteiger partial charge on any atom is -0.481 e. The zero-order valence-corrected chi connectivity index (χ0v) is 12.7. The molecule has 0 aliphatic heterocycles. The van der Waals surface area contributed by atoms with Crippen LogP contribution in [0.1, 0.15) is 38.8 Å². The third-order valence-electron chi connectivity index (χ3n) is 3.59. The molecule has 6 nitrogen and oxygen atoms in total. The Morgan fingerprint density at radius 2 is 2.19 bits per heavy atom. The molecule has 2 aromatic heterocycles. The minimum absolute atomic E-state index is 0.236. The number of aromatic nitrogens is 3. The summed E-state index contributed by atoms with van der Waals surface area (Å²) in [5, 5.41) is 16.6. The second-order valence-electron chi connectivity index (χ2n) is 5.61. The van der Waals surface area contributed by atoms with Gasteiger partial charge in [0.15, 0.2) is 5.82 Å². The summed E-state index contributed by atoms with van der Waals surface area (Å²) >= 11 is 0. The summed E-state index contributed by atoms with van der Waals surface area (Å²) in [5.74, 6) is -0.190. The molecule has 0 saturated heterocycles. The highest BCUT2D eigenvalue weighted by atomic mass is 16.4. The van der Waals surface area contributed by atoms with Crippen LogP contribution in [0.5, 0.6) is 0 Å². The molecular formula is C15H22N4O2. The molecule has 0 aliphatic carbocycles. The zero-order valence-electron chi connectivity index (χ0n) is 12.7. The average molecular weight is 290 g/mol. The van der Waals surface area contributed by atoms with Crippen LogP contribution in [0.25, 0.3) is 5.52 Å². The maximum Gasteiger partial charge on any atom is 0.306 e. The van der Waals surface area contributed by atoms with E-state index in [1.165, 1.54) is 0 Å². The standard InChI is InChI=1S/C15H22N4O2/c1-10(15(20)21)5-4-6-11(2)17-14-13-9-12(3)18-19(13)8-7-16-14/h7-11H,4-6H2,1-3H3,(H,16,17)(H,20,21). The second-order valence-corrected chi connectivity index (χ2v) is 5.61. The fourth-order valence-electron chi connectivity index (χ4n) is 2.31. The molecule has 2 unspecified atom stereocenters. The molecule has 21 heavy (non-hydrogen) atoms. The van der Waals surface area contributed by atoms with Gasteiger partial charge < -0.3 is 10.4 Å². The number of carbonyl (C=O) groups is 1. The Morgan fingerprint density at radius 3 is 2.90 bits per heavy atom. The van der Waals surface area contributed by atoms with Crippen LogP contribution in [0, 0.1) is 12.8 Å². The van der Waals surface area contributed by atoms with Crippen molar-refractivity contribution in [2.75, 3.05) is 5.32 Å². The summed E-state index contributed by atoms with van der Waals surface area (Å²) in [7, 11) is 0. The number of nitrogens with one attached hydrogen (secondary N) is 1. The molecule has 2 heterocycles. The van der Waals surface area contributed by atoms with Gasteiger partial charge in [0.25, 0.3) is 0 Å². The Balaban J connectivity index is 1.92. The Bertz CT molecular complexity index is 623. The first kappa shape index (κ1) is 15.3. The number of hydrogen-bond acceptors (Lipinski definition) is 4. The Kier molecular flexibility index (Phi) is 4.77. The number of carboxylic acids is 1. The predicted molar refractivity (Wildman–Crippen MR) is 81.5 cm³/mol. The number of anilines is 1. The van der Waals surface area contributed by atoms with Crippen molar-refractivity contribution in [3.63, 3.8) is 0 Å². The average Bonchev–Trinajstić information content (AvgIpc) is 2.80. The number of hydrogen-bond donors (Lipinski definition) is 2. The monoisotopic (exact) mass is 290 g/mol. The lowest BCUT2D eigenvalue weighted by atomic mass is 10.0. The molecule has 0 aliphatic rings. The summed E-state index contributed by atoms with van der Waals surface area (Å²) in [6.07, 6.45) is 6.04. The molecule has 0 aromatic carbocycles. The molecule has 114 valence electrons. The van der Waals surface area contributed by atoms with Gasteiger partial charge in [-0.1, -0.05) is 13.3 Å². The van der Waals surface area contributed by atoms with E-state index in [0.29, 0.717) is 6.42 Å². The molecule has 2 atom stereocenters. The number of carboxylic acid groups (broad SMARTS) is 1. The summed E-state index contributed by atoms with van der Waals surface area (Å²) in [5.41, 5.74) is 1.91. The Hall–Kier alpha value is -2.11. The topological polar surface area (TPSA) is 79.5 Å². The van der Waals surface area contributed by atoms with Crippen LogP contribution in [0.3, 0.4) is 0 Å². The molecule has 0 bridgehead atoms. The lowest BCUT2D eigenvalue weighted by Crippen LogP contribution is -2.17. The molecule has 2 N–H and O–H groups in total. The van der Waals surface area contributed by atoms with E-state index in [4.69, 9.17) is 5.11 Å². The van der Waals surface area contributed by atoms with E-state index < -0.39 is 5.97 Å². The van der Waals surface area contributed by atoms with E-state index in [2.05, 4.69) is 22.3 Å².